The minimum atomic E-state index is -0.874. The van der Waals surface area contributed by atoms with E-state index in [1.807, 2.05) is 12.1 Å². The lowest BCUT2D eigenvalue weighted by atomic mass is 10.1. The third kappa shape index (κ3) is 4.60. The Kier molecular flexibility index (Phi) is 6.43. The topological polar surface area (TPSA) is 47.0 Å². The Bertz CT molecular complexity index is 865. The van der Waals surface area contributed by atoms with E-state index in [2.05, 4.69) is 45.9 Å². The smallest absolute Gasteiger partial charge is 0.335 e. The van der Waals surface area contributed by atoms with Crippen molar-refractivity contribution in [1.82, 2.24) is 9.80 Å². The number of carboxylic acid groups (broad SMARTS) is 1. The second-order valence-corrected chi connectivity index (χ2v) is 8.83. The van der Waals surface area contributed by atoms with E-state index in [0.29, 0.717) is 5.56 Å². The Morgan fingerprint density at radius 3 is 2.34 bits per heavy atom. The second-order valence-electron chi connectivity index (χ2n) is 7.75. The van der Waals surface area contributed by atoms with Crippen molar-refractivity contribution in [2.45, 2.75) is 29.6 Å². The number of fused-ring (bicyclic) bond motifs is 2. The molecule has 2 heterocycles. The number of para-hydroxylation sites is 1. The highest BCUT2D eigenvalue weighted by Gasteiger charge is 2.24. The van der Waals surface area contributed by atoms with E-state index in [4.69, 9.17) is 0 Å². The minimum Gasteiger partial charge on any atom is -0.478 e. The summed E-state index contributed by atoms with van der Waals surface area (Å²) in [7, 11) is 0. The van der Waals surface area contributed by atoms with E-state index < -0.39 is 5.97 Å². The number of rotatable bonds is 7. The Balaban J connectivity index is 1.45. The van der Waals surface area contributed by atoms with E-state index in [9.17, 15) is 9.90 Å². The van der Waals surface area contributed by atoms with Crippen LogP contribution < -0.4 is 4.90 Å². The van der Waals surface area contributed by atoms with Crippen LogP contribution in [0.1, 0.15) is 30.1 Å². The molecule has 2 aliphatic heterocycles. The molecule has 0 bridgehead atoms. The number of piperazine rings is 1. The molecule has 2 aliphatic rings. The first-order valence-corrected chi connectivity index (χ1v) is 11.3. The summed E-state index contributed by atoms with van der Waals surface area (Å²) in [5.74, 6) is -0.874. The molecule has 0 spiro atoms. The lowest BCUT2D eigenvalue weighted by molar-refractivity contribution is 0.0697. The summed E-state index contributed by atoms with van der Waals surface area (Å²) >= 11 is 1.72. The van der Waals surface area contributed by atoms with Crippen molar-refractivity contribution in [1.29, 1.82) is 0 Å². The average molecular weight is 412 g/mol. The van der Waals surface area contributed by atoms with E-state index in [1.54, 1.807) is 17.8 Å². The van der Waals surface area contributed by atoms with Crippen LogP contribution in [0.25, 0.3) is 0 Å². The zero-order valence-corrected chi connectivity index (χ0v) is 17.8. The molecule has 4 rings (SSSR count). The van der Waals surface area contributed by atoms with E-state index in [0.717, 1.165) is 43.2 Å². The van der Waals surface area contributed by atoms with Gasteiger partial charge < -0.3 is 19.8 Å². The Morgan fingerprint density at radius 2 is 1.62 bits per heavy atom. The highest BCUT2D eigenvalue weighted by molar-refractivity contribution is 7.99. The number of hydrogen-bond donors (Lipinski definition) is 1. The van der Waals surface area contributed by atoms with Gasteiger partial charge in [0.1, 0.15) is 0 Å². The fourth-order valence-electron chi connectivity index (χ4n) is 4.21. The SMILES string of the molecule is CCCN1CCN(CCCN2c3ccccc3Sc3ccc(C(=O)O)cc32)CC1. The number of nitrogens with zero attached hydrogens (tertiary/aromatic N) is 3. The van der Waals surface area contributed by atoms with Gasteiger partial charge in [-0.15, -0.1) is 0 Å². The number of hydrogen-bond acceptors (Lipinski definition) is 5. The van der Waals surface area contributed by atoms with Gasteiger partial charge in [0.15, 0.2) is 0 Å². The number of aromatic carboxylic acids is 1. The van der Waals surface area contributed by atoms with Crippen molar-refractivity contribution in [2.75, 3.05) is 50.7 Å². The van der Waals surface area contributed by atoms with Gasteiger partial charge >= 0.3 is 5.97 Å². The standard InChI is InChI=1S/C23H29N3O2S/c1-2-10-24-13-15-25(16-14-24)11-5-12-26-19-6-3-4-7-21(19)29-22-9-8-18(23(27)28)17-20(22)26/h3-4,6-9,17H,2,5,10-16H2,1H3,(H,27,28). The Hall–Kier alpha value is -2.02. The average Bonchev–Trinajstić information content (AvgIpc) is 2.74. The lowest BCUT2D eigenvalue weighted by Gasteiger charge is -2.36. The molecule has 29 heavy (non-hydrogen) atoms. The van der Waals surface area contributed by atoms with Crippen molar-refractivity contribution < 1.29 is 9.90 Å². The second kappa shape index (κ2) is 9.20. The van der Waals surface area contributed by atoms with Crippen LogP contribution in [-0.4, -0.2) is 66.7 Å². The predicted molar refractivity (Wildman–Crippen MR) is 119 cm³/mol. The fourth-order valence-corrected chi connectivity index (χ4v) is 5.28. The van der Waals surface area contributed by atoms with Crippen LogP contribution in [0.15, 0.2) is 52.3 Å². The molecule has 1 fully saturated rings. The van der Waals surface area contributed by atoms with Crippen LogP contribution in [0.2, 0.25) is 0 Å². The number of benzene rings is 2. The molecule has 5 nitrogen and oxygen atoms in total. The van der Waals surface area contributed by atoms with Crippen LogP contribution in [0.4, 0.5) is 11.4 Å². The summed E-state index contributed by atoms with van der Waals surface area (Å²) < 4.78 is 0. The largest absolute Gasteiger partial charge is 0.478 e. The molecule has 0 unspecified atom stereocenters. The molecular formula is C23H29N3O2S. The van der Waals surface area contributed by atoms with Crippen molar-refractivity contribution in [3.63, 3.8) is 0 Å². The summed E-state index contributed by atoms with van der Waals surface area (Å²) in [6.07, 6.45) is 2.29. The van der Waals surface area contributed by atoms with Gasteiger partial charge in [-0.25, -0.2) is 4.79 Å². The van der Waals surface area contributed by atoms with Gasteiger partial charge in [0.25, 0.3) is 0 Å². The third-order valence-electron chi connectivity index (χ3n) is 5.73. The molecule has 2 aromatic carbocycles. The van der Waals surface area contributed by atoms with Gasteiger partial charge in [0, 0.05) is 42.5 Å². The van der Waals surface area contributed by atoms with Crippen LogP contribution >= 0.6 is 11.8 Å². The van der Waals surface area contributed by atoms with Gasteiger partial charge in [-0.05, 0) is 56.3 Å². The Morgan fingerprint density at radius 1 is 0.931 bits per heavy atom. The zero-order chi connectivity index (χ0) is 20.2. The van der Waals surface area contributed by atoms with Crippen LogP contribution in [0.5, 0.6) is 0 Å². The van der Waals surface area contributed by atoms with Gasteiger partial charge in [-0.2, -0.15) is 0 Å². The van der Waals surface area contributed by atoms with Gasteiger partial charge in [0.2, 0.25) is 0 Å². The van der Waals surface area contributed by atoms with Gasteiger partial charge in [-0.3, -0.25) is 0 Å². The summed E-state index contributed by atoms with van der Waals surface area (Å²) in [6, 6.07) is 13.9. The molecular weight excluding hydrogens is 382 g/mol. The molecule has 0 aromatic heterocycles. The predicted octanol–water partition coefficient (Wildman–Crippen LogP) is 4.41. The van der Waals surface area contributed by atoms with Crippen LogP contribution in [0.3, 0.4) is 0 Å². The quantitative estimate of drug-likeness (QED) is 0.728. The maximum Gasteiger partial charge on any atom is 0.335 e. The highest BCUT2D eigenvalue weighted by Crippen LogP contribution is 2.48. The van der Waals surface area contributed by atoms with Crippen molar-refractivity contribution in [3.8, 4) is 0 Å². The molecule has 0 saturated carbocycles. The van der Waals surface area contributed by atoms with Gasteiger partial charge in [-0.1, -0.05) is 30.8 Å². The van der Waals surface area contributed by atoms with Crippen LogP contribution in [-0.2, 0) is 0 Å². The van der Waals surface area contributed by atoms with E-state index >= 15 is 0 Å². The maximum atomic E-state index is 11.5. The molecule has 6 heteroatoms. The number of anilines is 2. The summed E-state index contributed by atoms with van der Waals surface area (Å²) in [5.41, 5.74) is 2.54. The minimum absolute atomic E-state index is 0.348. The monoisotopic (exact) mass is 411 g/mol. The first-order valence-electron chi connectivity index (χ1n) is 10.5. The summed E-state index contributed by atoms with van der Waals surface area (Å²) in [5, 5.41) is 9.44. The van der Waals surface area contributed by atoms with Gasteiger partial charge in [0.05, 0.1) is 16.9 Å². The summed E-state index contributed by atoms with van der Waals surface area (Å²) in [6.45, 7) is 10.1. The van der Waals surface area contributed by atoms with E-state index in [1.165, 1.54) is 36.6 Å². The molecule has 154 valence electrons. The lowest BCUT2D eigenvalue weighted by Crippen LogP contribution is -2.47. The molecule has 1 saturated heterocycles. The van der Waals surface area contributed by atoms with Crippen LogP contribution in [0, 0.1) is 0 Å². The number of carbonyl (C=O) groups is 1. The van der Waals surface area contributed by atoms with E-state index in [-0.39, 0.29) is 0 Å². The van der Waals surface area contributed by atoms with Crippen molar-refractivity contribution in [2.24, 2.45) is 0 Å². The molecule has 0 atom stereocenters. The first kappa shape index (κ1) is 20.3. The van der Waals surface area contributed by atoms with Crippen molar-refractivity contribution >= 4 is 29.1 Å². The molecule has 0 amide bonds. The van der Waals surface area contributed by atoms with Crippen molar-refractivity contribution in [3.05, 3.63) is 48.0 Å². The molecule has 1 N–H and O–H groups in total. The molecule has 0 aliphatic carbocycles. The Labute approximate surface area is 177 Å². The third-order valence-corrected chi connectivity index (χ3v) is 6.86. The maximum absolute atomic E-state index is 11.5. The summed E-state index contributed by atoms with van der Waals surface area (Å²) in [4.78, 5) is 21.3. The molecule has 0 radical (unpaired) electrons. The zero-order valence-electron chi connectivity index (χ0n) is 17.0. The highest BCUT2D eigenvalue weighted by atomic mass is 32.2. The first-order chi connectivity index (χ1) is 14.2. The number of carboxylic acids is 1. The molecule has 2 aromatic rings. The normalized spacial score (nSPS) is 17.1. The fraction of sp³-hybridized carbons (Fsp3) is 0.435.